The summed E-state index contributed by atoms with van der Waals surface area (Å²) in [5.74, 6) is -0.146. The minimum atomic E-state index is -1.00. The Morgan fingerprint density at radius 1 is 0.515 bits per heavy atom. The predicted molar refractivity (Wildman–Crippen MR) is 268 cm³/mol. The van der Waals surface area contributed by atoms with Crippen LogP contribution < -0.4 is 16.0 Å². The molecule has 3 atom stereocenters. The molecule has 0 spiro atoms. The standard InChI is InChI=1S/C18H19Cl2N3O2.2C14H11Cl2N3O2.ClH/c1-10-15(17(24)25-18(2,3)4)16(23-14(22-10)7-8-21-23)11-5-6-12(19)13(20)9-11;2*1-7-12(14(20)21)13(19-11(18-7)4-5-17-19)8-2-3-9(15)10(16)6-8;/h5-9,16,22H,1-4H3;2*2-6,13,18H,1H3,(H,20,21);1H. The van der Waals surface area contributed by atoms with Crippen LogP contribution in [0.15, 0.2) is 125 Å². The van der Waals surface area contributed by atoms with E-state index in [-0.39, 0.29) is 23.6 Å². The van der Waals surface area contributed by atoms with Crippen LogP contribution in [0.4, 0.5) is 17.5 Å². The fourth-order valence-corrected chi connectivity index (χ4v) is 8.66. The molecular weight excluding hydrogens is 1020 g/mol. The van der Waals surface area contributed by atoms with Gasteiger partial charge in [-0.15, -0.1) is 12.4 Å². The highest BCUT2D eigenvalue weighted by atomic mass is 35.5. The summed E-state index contributed by atoms with van der Waals surface area (Å²) >= 11 is 36.2. The molecule has 3 aliphatic rings. The molecule has 68 heavy (non-hydrogen) atoms. The van der Waals surface area contributed by atoms with Crippen molar-refractivity contribution < 1.29 is 29.3 Å². The van der Waals surface area contributed by atoms with Gasteiger partial charge in [0, 0.05) is 35.3 Å². The number of carboxylic acid groups (broad SMARTS) is 2. The molecule has 9 rings (SSSR count). The number of hydrogen-bond donors (Lipinski definition) is 5. The Balaban J connectivity index is 0.000000168. The lowest BCUT2D eigenvalue weighted by atomic mass is 9.95. The van der Waals surface area contributed by atoms with Gasteiger partial charge >= 0.3 is 17.9 Å². The fourth-order valence-electron chi connectivity index (χ4n) is 7.74. The summed E-state index contributed by atoms with van der Waals surface area (Å²) in [6.07, 6.45) is 4.91. The molecule has 356 valence electrons. The third-order valence-electron chi connectivity index (χ3n) is 10.6. The maximum atomic E-state index is 12.9. The van der Waals surface area contributed by atoms with Crippen molar-refractivity contribution in [3.05, 3.63) is 172 Å². The van der Waals surface area contributed by atoms with Crippen LogP contribution in [0.3, 0.4) is 0 Å². The number of carboxylic acids is 2. The van der Waals surface area contributed by atoms with Gasteiger partial charge in [0.15, 0.2) is 0 Å². The number of halogens is 7. The van der Waals surface area contributed by atoms with E-state index in [4.69, 9.17) is 74.3 Å². The Hall–Kier alpha value is -5.65. The molecule has 3 aliphatic heterocycles. The molecule has 0 amide bonds. The largest absolute Gasteiger partial charge is 0.478 e. The first-order valence-electron chi connectivity index (χ1n) is 20.2. The topological polar surface area (TPSA) is 190 Å². The van der Waals surface area contributed by atoms with Crippen molar-refractivity contribution in [1.82, 2.24) is 29.3 Å². The van der Waals surface area contributed by atoms with Gasteiger partial charge < -0.3 is 30.9 Å². The van der Waals surface area contributed by atoms with E-state index >= 15 is 0 Å². The van der Waals surface area contributed by atoms with Gasteiger partial charge in [0.25, 0.3) is 0 Å². The number of allylic oxidation sites excluding steroid dienone is 3. The van der Waals surface area contributed by atoms with Crippen LogP contribution in [0.1, 0.15) is 76.4 Å². The monoisotopic (exact) mass is 1060 g/mol. The van der Waals surface area contributed by atoms with Gasteiger partial charge in [-0.2, -0.15) is 15.3 Å². The number of esters is 1. The molecule has 0 radical (unpaired) electrons. The van der Waals surface area contributed by atoms with Crippen LogP contribution in [-0.2, 0) is 19.1 Å². The summed E-state index contributed by atoms with van der Waals surface area (Å²) in [5, 5.41) is 43.6. The fraction of sp³-hybridized carbons (Fsp3) is 0.217. The molecule has 0 aliphatic carbocycles. The molecule has 22 heteroatoms. The van der Waals surface area contributed by atoms with Gasteiger partial charge in [0.2, 0.25) is 0 Å². The number of nitrogens with zero attached hydrogens (tertiary/aromatic N) is 6. The molecule has 0 fully saturated rings. The molecular formula is C46H42Cl7N9O6. The van der Waals surface area contributed by atoms with E-state index in [0.29, 0.717) is 58.2 Å². The summed E-state index contributed by atoms with van der Waals surface area (Å²) in [4.78, 5) is 36.1. The second-order valence-corrected chi connectivity index (χ2v) is 18.8. The molecule has 6 heterocycles. The number of rotatable bonds is 6. The van der Waals surface area contributed by atoms with Gasteiger partial charge in [-0.05, 0) is 94.6 Å². The molecule has 6 aromatic rings. The SMILES string of the molecule is CC1=C(C(=O)O)C(c2ccc(Cl)c(Cl)c2)n2nccc2N1.CC1=C(C(=O)O)C(c2ccc(Cl)c(Cl)c2)n2nccc2N1.CC1=C(C(=O)OC(C)(C)C)C(c2ccc(Cl)c(Cl)c2)n2nccc2N1.Cl. The highest BCUT2D eigenvalue weighted by molar-refractivity contribution is 6.43. The first-order chi connectivity index (χ1) is 31.6. The predicted octanol–water partition coefficient (Wildman–Crippen LogP) is 12.4. The van der Waals surface area contributed by atoms with E-state index in [1.165, 1.54) is 0 Å². The molecule has 5 N–H and O–H groups in total. The van der Waals surface area contributed by atoms with Gasteiger partial charge in [-0.25, -0.2) is 28.4 Å². The third-order valence-corrected chi connectivity index (χ3v) is 12.8. The number of ether oxygens (including phenoxy) is 1. The molecule has 3 unspecified atom stereocenters. The second-order valence-electron chi connectivity index (χ2n) is 16.3. The summed E-state index contributed by atoms with van der Waals surface area (Å²) < 4.78 is 10.6. The van der Waals surface area contributed by atoms with Crippen molar-refractivity contribution >= 4 is 117 Å². The molecule has 15 nitrogen and oxygen atoms in total. The quantitative estimate of drug-likeness (QED) is 0.0994. The van der Waals surface area contributed by atoms with Crippen LogP contribution in [0.5, 0.6) is 0 Å². The molecule has 3 aromatic carbocycles. The zero-order valence-electron chi connectivity index (χ0n) is 36.8. The van der Waals surface area contributed by atoms with Crippen LogP contribution in [0.2, 0.25) is 30.1 Å². The normalized spacial score (nSPS) is 17.0. The molecule has 0 saturated heterocycles. The number of anilines is 3. The van der Waals surface area contributed by atoms with Gasteiger partial charge in [0.1, 0.15) is 41.2 Å². The lowest BCUT2D eigenvalue weighted by Crippen LogP contribution is -2.33. The maximum Gasteiger partial charge on any atom is 0.338 e. The van der Waals surface area contributed by atoms with Crippen molar-refractivity contribution in [2.24, 2.45) is 0 Å². The van der Waals surface area contributed by atoms with Gasteiger partial charge in [0.05, 0.1) is 65.4 Å². The smallest absolute Gasteiger partial charge is 0.338 e. The van der Waals surface area contributed by atoms with Crippen LogP contribution in [0, 0.1) is 0 Å². The van der Waals surface area contributed by atoms with Crippen molar-refractivity contribution in [3.63, 3.8) is 0 Å². The van der Waals surface area contributed by atoms with Crippen molar-refractivity contribution in [2.75, 3.05) is 16.0 Å². The average Bonchev–Trinajstić information content (AvgIpc) is 4.04. The highest BCUT2D eigenvalue weighted by Gasteiger charge is 2.37. The van der Waals surface area contributed by atoms with Crippen molar-refractivity contribution in [3.8, 4) is 0 Å². The zero-order chi connectivity index (χ0) is 48.6. The third kappa shape index (κ3) is 10.8. The van der Waals surface area contributed by atoms with E-state index in [2.05, 4.69) is 31.2 Å². The maximum absolute atomic E-state index is 12.9. The minimum Gasteiger partial charge on any atom is -0.478 e. The minimum absolute atomic E-state index is 0. The van der Waals surface area contributed by atoms with E-state index in [9.17, 15) is 24.6 Å². The van der Waals surface area contributed by atoms with Crippen molar-refractivity contribution in [2.45, 2.75) is 65.3 Å². The summed E-state index contributed by atoms with van der Waals surface area (Å²) in [7, 11) is 0. The number of hydrogen-bond acceptors (Lipinski definition) is 10. The van der Waals surface area contributed by atoms with E-state index in [1.54, 1.807) is 107 Å². The van der Waals surface area contributed by atoms with Crippen LogP contribution in [-0.4, -0.2) is 63.1 Å². The Labute approximate surface area is 426 Å². The molecule has 0 saturated carbocycles. The number of aromatic nitrogens is 6. The number of fused-ring (bicyclic) bond motifs is 3. The number of carbonyl (C=O) groups excluding carboxylic acids is 1. The summed E-state index contributed by atoms with van der Waals surface area (Å²) in [6.45, 7) is 10.8. The molecule has 3 aromatic heterocycles. The number of aliphatic carboxylic acids is 2. The highest BCUT2D eigenvalue weighted by Crippen LogP contribution is 2.41. The van der Waals surface area contributed by atoms with Crippen molar-refractivity contribution in [1.29, 1.82) is 0 Å². The Kier molecular flexibility index (Phi) is 15.9. The summed E-state index contributed by atoms with van der Waals surface area (Å²) in [5.41, 5.74) is 4.45. The Bertz CT molecular complexity index is 2910. The molecule has 0 bridgehead atoms. The zero-order valence-corrected chi connectivity index (χ0v) is 42.1. The van der Waals surface area contributed by atoms with Crippen LogP contribution in [0.25, 0.3) is 0 Å². The van der Waals surface area contributed by atoms with E-state index in [0.717, 1.165) is 28.7 Å². The number of benzene rings is 3. The second kappa shape index (κ2) is 20.9. The lowest BCUT2D eigenvalue weighted by Gasteiger charge is -2.31. The van der Waals surface area contributed by atoms with Crippen LogP contribution >= 0.6 is 82.0 Å². The number of carbonyl (C=O) groups is 3. The Morgan fingerprint density at radius 2 is 0.809 bits per heavy atom. The Morgan fingerprint density at radius 3 is 1.09 bits per heavy atom. The average molecular weight is 1070 g/mol. The first kappa shape index (κ1) is 51.7. The lowest BCUT2D eigenvalue weighted by molar-refractivity contribution is -0.150. The summed E-state index contributed by atoms with van der Waals surface area (Å²) in [6, 6.07) is 19.3. The van der Waals surface area contributed by atoms with E-state index < -0.39 is 41.6 Å². The first-order valence-corrected chi connectivity index (χ1v) is 22.5. The number of nitrogens with one attached hydrogen (secondary N) is 3. The van der Waals surface area contributed by atoms with Gasteiger partial charge in [-0.1, -0.05) is 87.8 Å². The van der Waals surface area contributed by atoms with E-state index in [1.807, 2.05) is 39.8 Å². The van der Waals surface area contributed by atoms with Gasteiger partial charge in [-0.3, -0.25) is 0 Å².